The Kier molecular flexibility index (Phi) is 4.47. The average Bonchev–Trinajstić information content (AvgIpc) is 2.56. The molecule has 2 aromatic rings. The van der Waals surface area contributed by atoms with Crippen molar-refractivity contribution in [1.82, 2.24) is 19.9 Å². The number of likely N-dealkylation sites (N-methyl/N-ethyl adjacent to an activating group) is 1. The number of nitrogens with one attached hydrogen (secondary N) is 1. The molecule has 0 bridgehead atoms. The van der Waals surface area contributed by atoms with Gasteiger partial charge < -0.3 is 15.1 Å². The van der Waals surface area contributed by atoms with Gasteiger partial charge in [-0.15, -0.1) is 0 Å². The fourth-order valence-corrected chi connectivity index (χ4v) is 2.47. The molecular formula is C16H20N6O. The van der Waals surface area contributed by atoms with Gasteiger partial charge in [-0.05, 0) is 26.1 Å². The molecule has 0 spiro atoms. The molecule has 7 nitrogen and oxygen atoms in total. The molecule has 0 aromatic carbocycles. The van der Waals surface area contributed by atoms with E-state index in [1.54, 1.807) is 12.1 Å². The summed E-state index contributed by atoms with van der Waals surface area (Å²) in [4.78, 5) is 29.4. The minimum absolute atomic E-state index is 0.277. The van der Waals surface area contributed by atoms with Crippen molar-refractivity contribution in [2.45, 2.75) is 6.92 Å². The van der Waals surface area contributed by atoms with Crippen LogP contribution in [-0.2, 0) is 0 Å². The zero-order chi connectivity index (χ0) is 16.2. The van der Waals surface area contributed by atoms with Crippen LogP contribution in [0.4, 0.5) is 11.6 Å². The third-order valence-electron chi connectivity index (χ3n) is 3.84. The Morgan fingerprint density at radius 3 is 2.70 bits per heavy atom. The zero-order valence-corrected chi connectivity index (χ0v) is 13.4. The van der Waals surface area contributed by atoms with Gasteiger partial charge in [-0.3, -0.25) is 4.79 Å². The van der Waals surface area contributed by atoms with Gasteiger partial charge in [0.2, 0.25) is 0 Å². The molecule has 1 saturated heterocycles. The second-order valence-corrected chi connectivity index (χ2v) is 5.67. The number of nitrogens with zero attached hydrogens (tertiary/aromatic N) is 5. The Morgan fingerprint density at radius 2 is 1.96 bits per heavy atom. The molecule has 3 heterocycles. The number of pyridine rings is 1. The predicted molar refractivity (Wildman–Crippen MR) is 88.7 cm³/mol. The summed E-state index contributed by atoms with van der Waals surface area (Å²) in [5.74, 6) is 1.03. The van der Waals surface area contributed by atoms with Gasteiger partial charge in [-0.1, -0.05) is 6.07 Å². The fraction of sp³-hybridized carbons (Fsp3) is 0.375. The number of hydrogen-bond acceptors (Lipinski definition) is 6. The Labute approximate surface area is 135 Å². The number of carbonyl (C=O) groups is 1. The van der Waals surface area contributed by atoms with E-state index >= 15 is 0 Å². The smallest absolute Gasteiger partial charge is 0.275 e. The minimum atomic E-state index is -0.277. The number of hydrogen-bond donors (Lipinski definition) is 1. The SMILES string of the molecule is Cc1cccc(NC(=O)c2cc(N3CCN(C)CC3)ncn2)n1. The van der Waals surface area contributed by atoms with Crippen molar-refractivity contribution in [1.29, 1.82) is 0 Å². The lowest BCUT2D eigenvalue weighted by Gasteiger charge is -2.33. The van der Waals surface area contributed by atoms with Gasteiger partial charge in [0.1, 0.15) is 23.7 Å². The van der Waals surface area contributed by atoms with Crippen LogP contribution in [0, 0.1) is 6.92 Å². The Morgan fingerprint density at radius 1 is 1.17 bits per heavy atom. The largest absolute Gasteiger partial charge is 0.354 e. The van der Waals surface area contributed by atoms with Crippen molar-refractivity contribution in [2.24, 2.45) is 0 Å². The number of aromatic nitrogens is 3. The zero-order valence-electron chi connectivity index (χ0n) is 13.4. The molecule has 1 aliphatic heterocycles. The molecule has 2 aromatic heterocycles. The summed E-state index contributed by atoms with van der Waals surface area (Å²) < 4.78 is 0. The highest BCUT2D eigenvalue weighted by atomic mass is 16.1. The van der Waals surface area contributed by atoms with Crippen molar-refractivity contribution in [3.63, 3.8) is 0 Å². The molecule has 120 valence electrons. The monoisotopic (exact) mass is 312 g/mol. The summed E-state index contributed by atoms with van der Waals surface area (Å²) in [5, 5.41) is 2.77. The second kappa shape index (κ2) is 6.70. The average molecular weight is 312 g/mol. The number of aryl methyl sites for hydroxylation is 1. The summed E-state index contributed by atoms with van der Waals surface area (Å²) >= 11 is 0. The third kappa shape index (κ3) is 3.81. The highest BCUT2D eigenvalue weighted by Crippen LogP contribution is 2.14. The van der Waals surface area contributed by atoms with Crippen LogP contribution in [0.2, 0.25) is 0 Å². The fourth-order valence-electron chi connectivity index (χ4n) is 2.47. The van der Waals surface area contributed by atoms with Gasteiger partial charge in [0, 0.05) is 37.9 Å². The molecule has 1 amide bonds. The molecule has 7 heteroatoms. The van der Waals surface area contributed by atoms with E-state index in [4.69, 9.17) is 0 Å². The molecule has 0 unspecified atom stereocenters. The summed E-state index contributed by atoms with van der Waals surface area (Å²) in [5.41, 5.74) is 1.20. The van der Waals surface area contributed by atoms with Gasteiger partial charge in [0.15, 0.2) is 0 Å². The summed E-state index contributed by atoms with van der Waals surface area (Å²) in [6.45, 7) is 5.64. The first kappa shape index (κ1) is 15.4. The highest BCUT2D eigenvalue weighted by Gasteiger charge is 2.17. The van der Waals surface area contributed by atoms with E-state index in [0.29, 0.717) is 11.5 Å². The van der Waals surface area contributed by atoms with E-state index < -0.39 is 0 Å². The quantitative estimate of drug-likeness (QED) is 0.917. The maximum atomic E-state index is 12.3. The molecule has 0 aliphatic carbocycles. The minimum Gasteiger partial charge on any atom is -0.354 e. The van der Waals surface area contributed by atoms with Crippen LogP contribution >= 0.6 is 0 Å². The summed E-state index contributed by atoms with van der Waals surface area (Å²) in [6.07, 6.45) is 1.44. The number of amides is 1. The third-order valence-corrected chi connectivity index (χ3v) is 3.84. The molecule has 0 atom stereocenters. The highest BCUT2D eigenvalue weighted by molar-refractivity contribution is 6.02. The van der Waals surface area contributed by atoms with E-state index in [-0.39, 0.29) is 5.91 Å². The van der Waals surface area contributed by atoms with Crippen molar-refractivity contribution < 1.29 is 4.79 Å². The Balaban J connectivity index is 1.72. The molecule has 1 aliphatic rings. The summed E-state index contributed by atoms with van der Waals surface area (Å²) in [6, 6.07) is 7.23. The van der Waals surface area contributed by atoms with E-state index in [2.05, 4.69) is 37.1 Å². The molecular weight excluding hydrogens is 292 g/mol. The topological polar surface area (TPSA) is 74.2 Å². The van der Waals surface area contributed by atoms with Crippen molar-refractivity contribution in [3.8, 4) is 0 Å². The number of carbonyl (C=O) groups excluding carboxylic acids is 1. The first-order chi connectivity index (χ1) is 11.1. The van der Waals surface area contributed by atoms with Gasteiger partial charge in [0.05, 0.1) is 0 Å². The van der Waals surface area contributed by atoms with Crippen LogP contribution in [0.1, 0.15) is 16.2 Å². The first-order valence-corrected chi connectivity index (χ1v) is 7.62. The van der Waals surface area contributed by atoms with Crippen LogP contribution in [-0.4, -0.2) is 59.0 Å². The molecule has 3 rings (SSSR count). The predicted octanol–water partition coefficient (Wildman–Crippen LogP) is 1.18. The maximum absolute atomic E-state index is 12.3. The first-order valence-electron chi connectivity index (χ1n) is 7.62. The van der Waals surface area contributed by atoms with Crippen LogP contribution in [0.3, 0.4) is 0 Å². The molecule has 0 radical (unpaired) electrons. The van der Waals surface area contributed by atoms with Crippen LogP contribution < -0.4 is 10.2 Å². The van der Waals surface area contributed by atoms with Crippen LogP contribution in [0.5, 0.6) is 0 Å². The van der Waals surface area contributed by atoms with Crippen molar-refractivity contribution in [3.05, 3.63) is 42.0 Å². The van der Waals surface area contributed by atoms with Gasteiger partial charge in [-0.25, -0.2) is 15.0 Å². The lowest BCUT2D eigenvalue weighted by Crippen LogP contribution is -2.44. The van der Waals surface area contributed by atoms with E-state index in [1.165, 1.54) is 6.33 Å². The van der Waals surface area contributed by atoms with Crippen molar-refractivity contribution >= 4 is 17.5 Å². The van der Waals surface area contributed by atoms with Crippen LogP contribution in [0.15, 0.2) is 30.6 Å². The number of piperazine rings is 1. The number of rotatable bonds is 3. The lowest BCUT2D eigenvalue weighted by molar-refractivity contribution is 0.102. The lowest BCUT2D eigenvalue weighted by atomic mass is 10.3. The van der Waals surface area contributed by atoms with Gasteiger partial charge in [-0.2, -0.15) is 0 Å². The Bertz CT molecular complexity index is 696. The normalized spacial score (nSPS) is 15.5. The van der Waals surface area contributed by atoms with Crippen LogP contribution in [0.25, 0.3) is 0 Å². The molecule has 23 heavy (non-hydrogen) atoms. The second-order valence-electron chi connectivity index (χ2n) is 5.67. The van der Waals surface area contributed by atoms with E-state index in [9.17, 15) is 4.79 Å². The summed E-state index contributed by atoms with van der Waals surface area (Å²) in [7, 11) is 2.10. The van der Waals surface area contributed by atoms with E-state index in [0.717, 1.165) is 37.7 Å². The maximum Gasteiger partial charge on any atom is 0.275 e. The standard InChI is InChI=1S/C16H20N6O/c1-12-4-3-5-14(19-12)20-16(23)13-10-15(18-11-17-13)22-8-6-21(2)7-9-22/h3-5,10-11H,6-9H2,1-2H3,(H,19,20,23). The van der Waals surface area contributed by atoms with Crippen molar-refractivity contribution in [2.75, 3.05) is 43.4 Å². The molecule has 1 N–H and O–H groups in total. The molecule has 0 saturated carbocycles. The van der Waals surface area contributed by atoms with E-state index in [1.807, 2.05) is 19.1 Å². The molecule has 1 fully saturated rings. The Hall–Kier alpha value is -2.54. The van der Waals surface area contributed by atoms with Gasteiger partial charge >= 0.3 is 0 Å². The van der Waals surface area contributed by atoms with Gasteiger partial charge in [0.25, 0.3) is 5.91 Å². The number of anilines is 2.